The molecule has 2 aromatic rings. The number of nitrogens with one attached hydrogen (secondary N) is 2. The van der Waals surface area contributed by atoms with Gasteiger partial charge >= 0.3 is 0 Å². The van der Waals surface area contributed by atoms with Crippen LogP contribution in [0.25, 0.3) is 0 Å². The van der Waals surface area contributed by atoms with Crippen molar-refractivity contribution in [3.8, 4) is 5.75 Å². The fourth-order valence-electron chi connectivity index (χ4n) is 3.75. The molecule has 9 heteroatoms. The highest BCUT2D eigenvalue weighted by Crippen LogP contribution is 2.26. The minimum absolute atomic E-state index is 0. The number of carbonyl (C=O) groups is 1. The Morgan fingerprint density at radius 1 is 1.24 bits per heavy atom. The van der Waals surface area contributed by atoms with Gasteiger partial charge in [-0.3, -0.25) is 14.4 Å². The second-order valence-electron chi connectivity index (χ2n) is 7.48. The number of amides is 1. The van der Waals surface area contributed by atoms with E-state index >= 15 is 0 Å². The van der Waals surface area contributed by atoms with Crippen LogP contribution in [-0.2, 0) is 13.0 Å². The molecule has 1 unspecified atom stereocenters. The molecule has 3 heterocycles. The minimum atomic E-state index is -0.160. The molecule has 4 rings (SSSR count). The molecule has 0 radical (unpaired) electrons. The Morgan fingerprint density at radius 3 is 2.93 bits per heavy atom. The normalized spacial score (nSPS) is 19.4. The molecular weight excluding hydrogens is 392 g/mol. The molecule has 0 saturated carbocycles. The lowest BCUT2D eigenvalue weighted by Gasteiger charge is -2.26. The molecule has 2 aliphatic heterocycles. The molecule has 8 nitrogen and oxygen atoms in total. The molecular formula is C20H29ClN6O2. The van der Waals surface area contributed by atoms with Crippen LogP contribution in [0.1, 0.15) is 22.5 Å². The lowest BCUT2D eigenvalue weighted by atomic mass is 9.97. The van der Waals surface area contributed by atoms with E-state index in [2.05, 4.69) is 31.9 Å². The summed E-state index contributed by atoms with van der Waals surface area (Å²) in [7, 11) is 0. The van der Waals surface area contributed by atoms with Crippen molar-refractivity contribution in [3.63, 3.8) is 0 Å². The third-order valence-electron chi connectivity index (χ3n) is 5.44. The van der Waals surface area contributed by atoms with Crippen LogP contribution in [0, 0.1) is 5.92 Å². The Balaban J connectivity index is 0.00000240. The lowest BCUT2D eigenvalue weighted by molar-refractivity contribution is 0.0940. The van der Waals surface area contributed by atoms with E-state index in [1.165, 1.54) is 5.56 Å². The Hall–Kier alpha value is -2.16. The number of benzene rings is 1. The molecule has 0 aliphatic carbocycles. The third kappa shape index (κ3) is 5.91. The number of ether oxygens (including phenoxy) is 1. The standard InChI is InChI=1S/C20H28N6O2.ClH/c27-20(18-15-26(24-23-18)11-10-25-8-6-21-7-9-25)22-14-16-5-12-28-19-4-2-1-3-17(19)13-16;/h1-4,15-16,21H,5-14H2,(H,22,27);1H. The second kappa shape index (κ2) is 10.6. The van der Waals surface area contributed by atoms with Crippen LogP contribution in [0.3, 0.4) is 0 Å². The van der Waals surface area contributed by atoms with Crippen molar-refractivity contribution in [2.24, 2.45) is 5.92 Å². The van der Waals surface area contributed by atoms with E-state index in [0.29, 0.717) is 24.8 Å². The number of hydrogen-bond donors (Lipinski definition) is 2. The van der Waals surface area contributed by atoms with E-state index in [-0.39, 0.29) is 18.3 Å². The molecule has 1 aromatic carbocycles. The summed E-state index contributed by atoms with van der Waals surface area (Å²) in [5.74, 6) is 1.16. The fraction of sp³-hybridized carbons (Fsp3) is 0.550. The Morgan fingerprint density at radius 2 is 2.07 bits per heavy atom. The van der Waals surface area contributed by atoms with Crippen LogP contribution in [0.2, 0.25) is 0 Å². The summed E-state index contributed by atoms with van der Waals surface area (Å²) < 4.78 is 7.56. The Kier molecular flexibility index (Phi) is 7.85. The van der Waals surface area contributed by atoms with Gasteiger partial charge in [0.25, 0.3) is 5.91 Å². The number of carbonyl (C=O) groups excluding carboxylic acids is 1. The van der Waals surface area contributed by atoms with Gasteiger partial charge in [-0.15, -0.1) is 17.5 Å². The van der Waals surface area contributed by atoms with E-state index < -0.39 is 0 Å². The summed E-state index contributed by atoms with van der Waals surface area (Å²) in [6.45, 7) is 7.13. The van der Waals surface area contributed by atoms with Crippen LogP contribution in [-0.4, -0.2) is 71.7 Å². The van der Waals surface area contributed by atoms with E-state index in [9.17, 15) is 4.79 Å². The van der Waals surface area contributed by atoms with Gasteiger partial charge in [0.05, 0.1) is 19.3 Å². The maximum absolute atomic E-state index is 12.5. The summed E-state index contributed by atoms with van der Waals surface area (Å²) >= 11 is 0. The Bertz CT molecular complexity index is 793. The zero-order valence-electron chi connectivity index (χ0n) is 16.5. The van der Waals surface area contributed by atoms with Gasteiger partial charge in [-0.05, 0) is 30.4 Å². The van der Waals surface area contributed by atoms with Crippen LogP contribution in [0.5, 0.6) is 5.75 Å². The van der Waals surface area contributed by atoms with Crippen molar-refractivity contribution in [1.29, 1.82) is 0 Å². The van der Waals surface area contributed by atoms with Crippen LogP contribution < -0.4 is 15.4 Å². The molecule has 158 valence electrons. The topological polar surface area (TPSA) is 84.3 Å². The van der Waals surface area contributed by atoms with Crippen molar-refractivity contribution in [2.75, 3.05) is 45.9 Å². The van der Waals surface area contributed by atoms with E-state index in [1.807, 2.05) is 18.2 Å². The fourth-order valence-corrected chi connectivity index (χ4v) is 3.75. The minimum Gasteiger partial charge on any atom is -0.493 e. The predicted octanol–water partition coefficient (Wildman–Crippen LogP) is 0.976. The summed E-state index contributed by atoms with van der Waals surface area (Å²) in [5, 5.41) is 14.5. The molecule has 1 saturated heterocycles. The maximum atomic E-state index is 12.5. The highest BCUT2D eigenvalue weighted by molar-refractivity contribution is 5.91. The summed E-state index contributed by atoms with van der Waals surface area (Å²) in [5.41, 5.74) is 1.59. The average molecular weight is 421 g/mol. The van der Waals surface area contributed by atoms with Gasteiger partial charge in [0.15, 0.2) is 5.69 Å². The third-order valence-corrected chi connectivity index (χ3v) is 5.44. The number of nitrogens with zero attached hydrogens (tertiary/aromatic N) is 4. The Labute approximate surface area is 177 Å². The zero-order valence-corrected chi connectivity index (χ0v) is 17.4. The van der Waals surface area contributed by atoms with Crippen LogP contribution in [0.15, 0.2) is 30.5 Å². The highest BCUT2D eigenvalue weighted by atomic mass is 35.5. The molecule has 29 heavy (non-hydrogen) atoms. The molecule has 1 fully saturated rings. The number of piperazine rings is 1. The van der Waals surface area contributed by atoms with Gasteiger partial charge in [0, 0.05) is 39.3 Å². The van der Waals surface area contributed by atoms with Crippen molar-refractivity contribution in [2.45, 2.75) is 19.4 Å². The highest BCUT2D eigenvalue weighted by Gasteiger charge is 2.19. The van der Waals surface area contributed by atoms with E-state index in [4.69, 9.17) is 4.74 Å². The van der Waals surface area contributed by atoms with Crippen molar-refractivity contribution in [3.05, 3.63) is 41.7 Å². The molecule has 0 spiro atoms. The molecule has 1 atom stereocenters. The summed E-state index contributed by atoms with van der Waals surface area (Å²) in [6, 6.07) is 8.13. The second-order valence-corrected chi connectivity index (χ2v) is 7.48. The van der Waals surface area contributed by atoms with Gasteiger partial charge < -0.3 is 15.4 Å². The van der Waals surface area contributed by atoms with Gasteiger partial charge in [-0.2, -0.15) is 0 Å². The zero-order chi connectivity index (χ0) is 19.2. The quantitative estimate of drug-likeness (QED) is 0.724. The monoisotopic (exact) mass is 420 g/mol. The maximum Gasteiger partial charge on any atom is 0.273 e. The first-order chi connectivity index (χ1) is 13.8. The van der Waals surface area contributed by atoms with Gasteiger partial charge in [-0.1, -0.05) is 23.4 Å². The van der Waals surface area contributed by atoms with E-state index in [1.54, 1.807) is 10.9 Å². The smallest absolute Gasteiger partial charge is 0.273 e. The number of halogens is 1. The first-order valence-corrected chi connectivity index (χ1v) is 10.1. The largest absolute Gasteiger partial charge is 0.493 e. The molecule has 2 N–H and O–H groups in total. The number of aromatic nitrogens is 3. The van der Waals surface area contributed by atoms with E-state index in [0.717, 1.165) is 57.9 Å². The van der Waals surface area contributed by atoms with Gasteiger partial charge in [0.2, 0.25) is 0 Å². The van der Waals surface area contributed by atoms with Crippen LogP contribution in [0.4, 0.5) is 0 Å². The molecule has 1 amide bonds. The molecule has 0 bridgehead atoms. The first kappa shape index (κ1) is 21.5. The van der Waals surface area contributed by atoms with Gasteiger partial charge in [0.1, 0.15) is 5.75 Å². The molecule has 2 aliphatic rings. The van der Waals surface area contributed by atoms with Crippen LogP contribution >= 0.6 is 12.4 Å². The van der Waals surface area contributed by atoms with Crippen molar-refractivity contribution < 1.29 is 9.53 Å². The number of fused-ring (bicyclic) bond motifs is 1. The number of para-hydroxylation sites is 1. The SMILES string of the molecule is Cl.O=C(NCC1CCOc2ccccc2C1)c1cn(CCN2CCNCC2)nn1. The summed E-state index contributed by atoms with van der Waals surface area (Å²) in [6.07, 6.45) is 3.57. The summed E-state index contributed by atoms with van der Waals surface area (Å²) in [4.78, 5) is 14.9. The first-order valence-electron chi connectivity index (χ1n) is 10.1. The lowest BCUT2D eigenvalue weighted by Crippen LogP contribution is -2.44. The van der Waals surface area contributed by atoms with Gasteiger partial charge in [-0.25, -0.2) is 0 Å². The molecule has 1 aromatic heterocycles. The van der Waals surface area contributed by atoms with Crippen molar-refractivity contribution in [1.82, 2.24) is 30.5 Å². The average Bonchev–Trinajstić information content (AvgIpc) is 3.11. The predicted molar refractivity (Wildman–Crippen MR) is 113 cm³/mol. The number of hydrogen-bond acceptors (Lipinski definition) is 6. The number of rotatable bonds is 6. The van der Waals surface area contributed by atoms with Crippen molar-refractivity contribution >= 4 is 18.3 Å².